The van der Waals surface area contributed by atoms with E-state index in [0.29, 0.717) is 18.4 Å². The van der Waals surface area contributed by atoms with Crippen molar-refractivity contribution in [2.75, 3.05) is 26.2 Å². The van der Waals surface area contributed by atoms with Gasteiger partial charge in [0.05, 0.1) is 0 Å². The van der Waals surface area contributed by atoms with E-state index in [1.807, 2.05) is 11.8 Å². The minimum Gasteiger partial charge on any atom is -0.343 e. The fourth-order valence-electron chi connectivity index (χ4n) is 4.20. The number of piperidine rings is 2. The van der Waals surface area contributed by atoms with Gasteiger partial charge < -0.3 is 15.1 Å². The van der Waals surface area contributed by atoms with Gasteiger partial charge in [-0.3, -0.25) is 14.6 Å². The normalized spacial score (nSPS) is 25.0. The van der Waals surface area contributed by atoms with Crippen LogP contribution in [-0.2, 0) is 9.59 Å². The van der Waals surface area contributed by atoms with Crippen LogP contribution in [0.1, 0.15) is 58.8 Å². The van der Waals surface area contributed by atoms with Gasteiger partial charge in [0, 0.05) is 45.1 Å². The number of nitrogens with one attached hydrogen (secondary N) is 1. The van der Waals surface area contributed by atoms with Gasteiger partial charge in [-0.2, -0.15) is 0 Å². The third-order valence-electron chi connectivity index (χ3n) is 5.79. The predicted molar refractivity (Wildman–Crippen MR) is 93.9 cm³/mol. The van der Waals surface area contributed by atoms with Gasteiger partial charge in [0.25, 0.3) is 5.91 Å². The SMILES string of the molecule is CCCC(=O)N1CCC(N2CCC3(CC2)N=C(CC)NC3=O)CC1. The minimum atomic E-state index is -0.500. The standard InChI is InChI=1S/C18H30N4O2/c1-3-5-16(23)22-10-6-14(7-11-22)21-12-8-18(9-13-21)17(24)19-15(4-2)20-18/h14H,3-13H2,1-2H3,(H,19,20,24). The fraction of sp³-hybridized carbons (Fsp3) is 0.833. The summed E-state index contributed by atoms with van der Waals surface area (Å²) in [6.07, 6.45) is 6.13. The quantitative estimate of drug-likeness (QED) is 0.848. The van der Waals surface area contributed by atoms with Crippen molar-refractivity contribution in [3.8, 4) is 0 Å². The molecule has 2 fully saturated rings. The second kappa shape index (κ2) is 7.21. The zero-order chi connectivity index (χ0) is 17.2. The van der Waals surface area contributed by atoms with Crippen LogP contribution in [0.2, 0.25) is 0 Å². The lowest BCUT2D eigenvalue weighted by atomic mass is 9.86. The van der Waals surface area contributed by atoms with Crippen LogP contribution in [0.25, 0.3) is 0 Å². The molecule has 0 atom stereocenters. The molecular weight excluding hydrogens is 304 g/mol. The Morgan fingerprint density at radius 2 is 1.88 bits per heavy atom. The number of carbonyl (C=O) groups excluding carboxylic acids is 2. The summed E-state index contributed by atoms with van der Waals surface area (Å²) in [6.45, 7) is 7.71. The molecule has 24 heavy (non-hydrogen) atoms. The largest absolute Gasteiger partial charge is 0.343 e. The van der Waals surface area contributed by atoms with Crippen molar-refractivity contribution in [3.63, 3.8) is 0 Å². The van der Waals surface area contributed by atoms with Gasteiger partial charge in [-0.1, -0.05) is 13.8 Å². The monoisotopic (exact) mass is 334 g/mol. The first kappa shape index (κ1) is 17.4. The van der Waals surface area contributed by atoms with Crippen molar-refractivity contribution in [1.29, 1.82) is 0 Å². The van der Waals surface area contributed by atoms with E-state index in [2.05, 4.69) is 17.1 Å². The molecule has 1 N–H and O–H groups in total. The molecule has 0 aromatic rings. The Hall–Kier alpha value is -1.43. The van der Waals surface area contributed by atoms with Crippen molar-refractivity contribution in [1.82, 2.24) is 15.1 Å². The number of hydrogen-bond donors (Lipinski definition) is 1. The average Bonchev–Trinajstić information content (AvgIpc) is 2.92. The first-order valence-corrected chi connectivity index (χ1v) is 9.50. The molecule has 6 nitrogen and oxygen atoms in total. The van der Waals surface area contributed by atoms with Crippen LogP contribution in [0.15, 0.2) is 4.99 Å². The molecule has 3 aliphatic heterocycles. The van der Waals surface area contributed by atoms with E-state index in [9.17, 15) is 9.59 Å². The number of amides is 2. The van der Waals surface area contributed by atoms with Crippen LogP contribution in [0, 0.1) is 0 Å². The highest BCUT2D eigenvalue weighted by atomic mass is 16.2. The number of rotatable bonds is 4. The summed E-state index contributed by atoms with van der Waals surface area (Å²) in [6, 6.07) is 0.548. The predicted octanol–water partition coefficient (Wildman–Crippen LogP) is 1.55. The summed E-state index contributed by atoms with van der Waals surface area (Å²) >= 11 is 0. The Kier molecular flexibility index (Phi) is 5.23. The lowest BCUT2D eigenvalue weighted by Gasteiger charge is -2.43. The highest BCUT2D eigenvalue weighted by Gasteiger charge is 2.46. The van der Waals surface area contributed by atoms with E-state index in [1.54, 1.807) is 0 Å². The second-order valence-electron chi connectivity index (χ2n) is 7.30. The molecule has 0 radical (unpaired) electrons. The maximum atomic E-state index is 12.3. The van der Waals surface area contributed by atoms with Gasteiger partial charge in [0.2, 0.25) is 5.91 Å². The van der Waals surface area contributed by atoms with Gasteiger partial charge in [-0.05, 0) is 32.1 Å². The summed E-state index contributed by atoms with van der Waals surface area (Å²) in [5.74, 6) is 1.24. The molecule has 0 aromatic carbocycles. The van der Waals surface area contributed by atoms with E-state index in [-0.39, 0.29) is 5.91 Å². The third-order valence-corrected chi connectivity index (χ3v) is 5.79. The summed E-state index contributed by atoms with van der Waals surface area (Å²) in [5, 5.41) is 2.94. The van der Waals surface area contributed by atoms with E-state index < -0.39 is 5.54 Å². The van der Waals surface area contributed by atoms with Crippen molar-refractivity contribution in [2.45, 2.75) is 70.4 Å². The lowest BCUT2D eigenvalue weighted by Crippen LogP contribution is -2.54. The van der Waals surface area contributed by atoms with Crippen LogP contribution >= 0.6 is 0 Å². The van der Waals surface area contributed by atoms with Gasteiger partial charge in [0.1, 0.15) is 11.4 Å². The topological polar surface area (TPSA) is 65.0 Å². The van der Waals surface area contributed by atoms with Gasteiger partial charge in [-0.15, -0.1) is 0 Å². The molecule has 1 spiro atoms. The Morgan fingerprint density at radius 1 is 1.21 bits per heavy atom. The highest BCUT2D eigenvalue weighted by molar-refractivity contribution is 6.08. The molecule has 0 saturated carbocycles. The Balaban J connectivity index is 1.51. The second-order valence-corrected chi connectivity index (χ2v) is 7.30. The first-order chi connectivity index (χ1) is 11.6. The smallest absolute Gasteiger partial charge is 0.253 e. The molecule has 3 aliphatic rings. The molecule has 0 aliphatic carbocycles. The summed E-state index contributed by atoms with van der Waals surface area (Å²) < 4.78 is 0. The number of hydrogen-bond acceptors (Lipinski definition) is 4. The maximum absolute atomic E-state index is 12.3. The van der Waals surface area contributed by atoms with Gasteiger partial charge >= 0.3 is 0 Å². The van der Waals surface area contributed by atoms with Crippen molar-refractivity contribution in [2.24, 2.45) is 4.99 Å². The van der Waals surface area contributed by atoms with Crippen LogP contribution in [0.3, 0.4) is 0 Å². The zero-order valence-corrected chi connectivity index (χ0v) is 15.0. The molecule has 2 saturated heterocycles. The summed E-state index contributed by atoms with van der Waals surface area (Å²) in [7, 11) is 0. The van der Waals surface area contributed by atoms with Crippen LogP contribution in [-0.4, -0.2) is 65.2 Å². The average molecular weight is 334 g/mol. The Morgan fingerprint density at radius 3 is 2.42 bits per heavy atom. The van der Waals surface area contributed by atoms with Gasteiger partial charge in [0.15, 0.2) is 0 Å². The minimum absolute atomic E-state index is 0.0963. The maximum Gasteiger partial charge on any atom is 0.253 e. The highest BCUT2D eigenvalue weighted by Crippen LogP contribution is 2.32. The Labute approximate surface area is 144 Å². The number of aliphatic imine (C=N–C) groups is 1. The summed E-state index contributed by atoms with van der Waals surface area (Å²) in [5.41, 5.74) is -0.500. The van der Waals surface area contributed by atoms with Gasteiger partial charge in [-0.25, -0.2) is 0 Å². The molecule has 134 valence electrons. The van der Waals surface area contributed by atoms with E-state index in [4.69, 9.17) is 4.99 Å². The Bertz CT molecular complexity index is 515. The van der Waals surface area contributed by atoms with E-state index in [0.717, 1.165) is 70.5 Å². The number of likely N-dealkylation sites (tertiary alicyclic amines) is 2. The van der Waals surface area contributed by atoms with Crippen LogP contribution in [0.4, 0.5) is 0 Å². The van der Waals surface area contributed by atoms with Crippen molar-refractivity contribution < 1.29 is 9.59 Å². The first-order valence-electron chi connectivity index (χ1n) is 9.50. The lowest BCUT2D eigenvalue weighted by molar-refractivity contribution is -0.133. The molecule has 0 unspecified atom stereocenters. The van der Waals surface area contributed by atoms with Crippen LogP contribution in [0.5, 0.6) is 0 Å². The molecular formula is C18H30N4O2. The molecule has 3 rings (SSSR count). The zero-order valence-electron chi connectivity index (χ0n) is 15.0. The number of carbonyl (C=O) groups is 2. The molecule has 0 bridgehead atoms. The third kappa shape index (κ3) is 3.34. The van der Waals surface area contributed by atoms with E-state index in [1.165, 1.54) is 0 Å². The number of amidine groups is 1. The molecule has 2 amide bonds. The molecule has 6 heteroatoms. The van der Waals surface area contributed by atoms with E-state index >= 15 is 0 Å². The fourth-order valence-corrected chi connectivity index (χ4v) is 4.20. The van der Waals surface area contributed by atoms with Crippen LogP contribution < -0.4 is 5.32 Å². The summed E-state index contributed by atoms with van der Waals surface area (Å²) in [4.78, 5) is 33.5. The van der Waals surface area contributed by atoms with Crippen molar-refractivity contribution >= 4 is 17.6 Å². The number of nitrogens with zero attached hydrogens (tertiary/aromatic N) is 3. The molecule has 3 heterocycles. The van der Waals surface area contributed by atoms with Crippen molar-refractivity contribution in [3.05, 3.63) is 0 Å². The molecule has 0 aromatic heterocycles.